The van der Waals surface area contributed by atoms with Gasteiger partial charge >= 0.3 is 0 Å². The van der Waals surface area contributed by atoms with E-state index in [-0.39, 0.29) is 6.10 Å². The maximum Gasteiger partial charge on any atom is 0.166 e. The molecule has 0 aliphatic carbocycles. The molecule has 0 saturated carbocycles. The number of nitrogens with one attached hydrogen (secondary N) is 1. The van der Waals surface area contributed by atoms with Crippen LogP contribution in [0.25, 0.3) is 0 Å². The van der Waals surface area contributed by atoms with E-state index >= 15 is 0 Å². The first-order chi connectivity index (χ1) is 10.9. The Hall–Kier alpha value is -1.58. The second kappa shape index (κ2) is 7.80. The van der Waals surface area contributed by atoms with E-state index in [4.69, 9.17) is 32.7 Å². The third-order valence-electron chi connectivity index (χ3n) is 3.32. The fourth-order valence-corrected chi connectivity index (χ4v) is 2.59. The Kier molecular flexibility index (Phi) is 6.03. The molecule has 3 nitrogen and oxygen atoms in total. The van der Waals surface area contributed by atoms with E-state index in [1.807, 2.05) is 45.0 Å². The van der Waals surface area contributed by atoms with Gasteiger partial charge in [-0.05, 0) is 44.5 Å². The Bertz CT molecular complexity index is 687. The Balaban J connectivity index is 2.26. The van der Waals surface area contributed by atoms with Crippen LogP contribution in [0.1, 0.15) is 25.0 Å². The molecule has 2 rings (SSSR count). The second-order valence-electron chi connectivity index (χ2n) is 5.58. The molecule has 2 aromatic rings. The maximum atomic E-state index is 6.18. The highest BCUT2D eigenvalue weighted by atomic mass is 35.5. The highest BCUT2D eigenvalue weighted by molar-refractivity contribution is 6.31. The molecule has 0 saturated heterocycles. The van der Waals surface area contributed by atoms with E-state index in [1.54, 1.807) is 13.2 Å². The van der Waals surface area contributed by atoms with Crippen molar-refractivity contribution in [2.75, 3.05) is 12.4 Å². The lowest BCUT2D eigenvalue weighted by Crippen LogP contribution is -2.10. The van der Waals surface area contributed by atoms with Crippen LogP contribution in [0.4, 0.5) is 5.69 Å². The summed E-state index contributed by atoms with van der Waals surface area (Å²) in [7, 11) is 1.61. The third-order valence-corrected chi connectivity index (χ3v) is 3.95. The zero-order valence-corrected chi connectivity index (χ0v) is 15.3. The van der Waals surface area contributed by atoms with E-state index in [1.165, 1.54) is 0 Å². The monoisotopic (exact) mass is 353 g/mol. The summed E-state index contributed by atoms with van der Waals surface area (Å²) in [6, 6.07) is 9.51. The van der Waals surface area contributed by atoms with Crippen LogP contribution >= 0.6 is 23.2 Å². The van der Waals surface area contributed by atoms with E-state index in [9.17, 15) is 0 Å². The lowest BCUT2D eigenvalue weighted by molar-refractivity contribution is 0.228. The fraction of sp³-hybridized carbons (Fsp3) is 0.333. The molecule has 0 fully saturated rings. The minimum atomic E-state index is 0.0395. The normalized spacial score (nSPS) is 10.7. The number of aryl methyl sites for hydroxylation is 1. The summed E-state index contributed by atoms with van der Waals surface area (Å²) in [6.07, 6.45) is 0.0395. The van der Waals surface area contributed by atoms with Gasteiger partial charge in [-0.3, -0.25) is 0 Å². The number of ether oxygens (including phenoxy) is 2. The Labute approximate surface area is 147 Å². The van der Waals surface area contributed by atoms with Gasteiger partial charge in [0.2, 0.25) is 0 Å². The van der Waals surface area contributed by atoms with Crippen molar-refractivity contribution in [2.24, 2.45) is 0 Å². The van der Waals surface area contributed by atoms with Crippen molar-refractivity contribution in [1.29, 1.82) is 0 Å². The zero-order valence-electron chi connectivity index (χ0n) is 13.7. The second-order valence-corrected chi connectivity index (χ2v) is 6.42. The van der Waals surface area contributed by atoms with Gasteiger partial charge in [-0.2, -0.15) is 0 Å². The number of benzene rings is 2. The van der Waals surface area contributed by atoms with Gasteiger partial charge in [0.15, 0.2) is 11.5 Å². The molecule has 0 heterocycles. The van der Waals surface area contributed by atoms with E-state index in [2.05, 4.69) is 5.32 Å². The lowest BCUT2D eigenvalue weighted by Gasteiger charge is -2.18. The first kappa shape index (κ1) is 17.8. The molecule has 124 valence electrons. The van der Waals surface area contributed by atoms with Crippen LogP contribution in [0.5, 0.6) is 11.5 Å². The standard InChI is InChI=1S/C18H21Cl2NO2/c1-11(2)23-18-13(7-14(19)8-17(18)22-4)10-21-15-6-5-12(3)16(20)9-15/h5-9,11,21H,10H2,1-4H3. The van der Waals surface area contributed by atoms with Crippen LogP contribution in [-0.2, 0) is 6.54 Å². The maximum absolute atomic E-state index is 6.18. The average Bonchev–Trinajstić information content (AvgIpc) is 2.49. The molecule has 0 amide bonds. The summed E-state index contributed by atoms with van der Waals surface area (Å²) in [4.78, 5) is 0. The van der Waals surface area contributed by atoms with Gasteiger partial charge < -0.3 is 14.8 Å². The van der Waals surface area contributed by atoms with Crippen LogP contribution in [-0.4, -0.2) is 13.2 Å². The van der Waals surface area contributed by atoms with E-state index in [0.29, 0.717) is 23.1 Å². The molecule has 0 aliphatic heterocycles. The van der Waals surface area contributed by atoms with Crippen molar-refractivity contribution >= 4 is 28.9 Å². The summed E-state index contributed by atoms with van der Waals surface area (Å²) < 4.78 is 11.3. The summed E-state index contributed by atoms with van der Waals surface area (Å²) in [6.45, 7) is 6.48. The van der Waals surface area contributed by atoms with Crippen LogP contribution in [0, 0.1) is 6.92 Å². The van der Waals surface area contributed by atoms with Gasteiger partial charge in [0, 0.05) is 33.9 Å². The number of hydrogen-bond donors (Lipinski definition) is 1. The van der Waals surface area contributed by atoms with Crippen LogP contribution in [0.15, 0.2) is 30.3 Å². The largest absolute Gasteiger partial charge is 0.493 e. The van der Waals surface area contributed by atoms with Crippen molar-refractivity contribution in [3.8, 4) is 11.5 Å². The minimum absolute atomic E-state index is 0.0395. The number of halogens is 2. The van der Waals surface area contributed by atoms with E-state index < -0.39 is 0 Å². The molecule has 0 aromatic heterocycles. The summed E-state index contributed by atoms with van der Waals surface area (Å²) in [5, 5.41) is 4.68. The topological polar surface area (TPSA) is 30.5 Å². The molecular weight excluding hydrogens is 333 g/mol. The molecular formula is C18H21Cl2NO2. The third kappa shape index (κ3) is 4.69. The molecule has 0 aliphatic rings. The zero-order chi connectivity index (χ0) is 17.0. The Morgan fingerprint density at radius 2 is 1.87 bits per heavy atom. The number of anilines is 1. The predicted molar refractivity (Wildman–Crippen MR) is 97.3 cm³/mol. The van der Waals surface area contributed by atoms with Gasteiger partial charge in [-0.1, -0.05) is 29.3 Å². The van der Waals surface area contributed by atoms with Gasteiger partial charge in [0.05, 0.1) is 13.2 Å². The van der Waals surface area contributed by atoms with Gasteiger partial charge in [-0.25, -0.2) is 0 Å². The first-order valence-corrected chi connectivity index (χ1v) is 8.19. The summed E-state index contributed by atoms with van der Waals surface area (Å²) >= 11 is 12.3. The molecule has 0 bridgehead atoms. The molecule has 1 N–H and O–H groups in total. The molecule has 0 unspecified atom stereocenters. The average molecular weight is 354 g/mol. The number of hydrogen-bond acceptors (Lipinski definition) is 3. The SMILES string of the molecule is COc1cc(Cl)cc(CNc2ccc(C)c(Cl)c2)c1OC(C)C. The van der Waals surface area contributed by atoms with Gasteiger partial charge in [-0.15, -0.1) is 0 Å². The van der Waals surface area contributed by atoms with Crippen molar-refractivity contribution in [2.45, 2.75) is 33.4 Å². The minimum Gasteiger partial charge on any atom is -0.493 e. The number of methoxy groups -OCH3 is 1. The molecule has 0 radical (unpaired) electrons. The van der Waals surface area contributed by atoms with Crippen LogP contribution < -0.4 is 14.8 Å². The van der Waals surface area contributed by atoms with E-state index in [0.717, 1.165) is 21.8 Å². The molecule has 0 spiro atoms. The Morgan fingerprint density at radius 1 is 1.13 bits per heavy atom. The fourth-order valence-electron chi connectivity index (χ4n) is 2.18. The molecule has 0 atom stereocenters. The lowest BCUT2D eigenvalue weighted by atomic mass is 10.1. The predicted octanol–water partition coefficient (Wildman–Crippen LogP) is 5.71. The smallest absolute Gasteiger partial charge is 0.166 e. The summed E-state index contributed by atoms with van der Waals surface area (Å²) in [5.41, 5.74) is 2.92. The first-order valence-electron chi connectivity index (χ1n) is 7.43. The highest BCUT2D eigenvalue weighted by Crippen LogP contribution is 2.36. The quantitative estimate of drug-likeness (QED) is 0.721. The van der Waals surface area contributed by atoms with Gasteiger partial charge in [0.1, 0.15) is 0 Å². The molecule has 23 heavy (non-hydrogen) atoms. The van der Waals surface area contributed by atoms with Crippen molar-refractivity contribution < 1.29 is 9.47 Å². The van der Waals surface area contributed by atoms with Gasteiger partial charge in [0.25, 0.3) is 0 Å². The Morgan fingerprint density at radius 3 is 2.48 bits per heavy atom. The molecule has 2 aromatic carbocycles. The highest BCUT2D eigenvalue weighted by Gasteiger charge is 2.14. The van der Waals surface area contributed by atoms with Crippen LogP contribution in [0.2, 0.25) is 10.0 Å². The van der Waals surface area contributed by atoms with Crippen LogP contribution in [0.3, 0.4) is 0 Å². The molecule has 5 heteroatoms. The van der Waals surface area contributed by atoms with Crippen molar-refractivity contribution in [1.82, 2.24) is 0 Å². The van der Waals surface area contributed by atoms with Crippen molar-refractivity contribution in [3.05, 3.63) is 51.5 Å². The van der Waals surface area contributed by atoms with Crippen molar-refractivity contribution in [3.63, 3.8) is 0 Å². The summed E-state index contributed by atoms with van der Waals surface area (Å²) in [5.74, 6) is 1.34. The number of rotatable bonds is 6.